The van der Waals surface area contributed by atoms with Gasteiger partial charge in [-0.25, -0.2) is 4.39 Å². The highest BCUT2D eigenvalue weighted by molar-refractivity contribution is 5.40. The van der Waals surface area contributed by atoms with E-state index in [0.29, 0.717) is 6.54 Å². The molecule has 0 saturated carbocycles. The molecule has 1 heterocycles. The minimum Gasteiger partial charge on any atom is -0.497 e. The lowest BCUT2D eigenvalue weighted by Crippen LogP contribution is -2.23. The number of aromatic nitrogens is 2. The highest BCUT2D eigenvalue weighted by Crippen LogP contribution is 2.26. The fourth-order valence-electron chi connectivity index (χ4n) is 2.87. The second-order valence-corrected chi connectivity index (χ2v) is 5.96. The first-order valence-corrected chi connectivity index (χ1v) is 8.30. The van der Waals surface area contributed by atoms with Crippen LogP contribution in [0.2, 0.25) is 0 Å². The predicted molar refractivity (Wildman–Crippen MR) is 97.8 cm³/mol. The van der Waals surface area contributed by atoms with Crippen LogP contribution in [0.1, 0.15) is 22.9 Å². The highest BCUT2D eigenvalue weighted by Gasteiger charge is 2.17. The molecule has 0 amide bonds. The van der Waals surface area contributed by atoms with Gasteiger partial charge in [-0.1, -0.05) is 12.1 Å². The van der Waals surface area contributed by atoms with Gasteiger partial charge in [0.15, 0.2) is 0 Å². The Morgan fingerprint density at radius 3 is 2.46 bits per heavy atom. The van der Waals surface area contributed by atoms with E-state index in [2.05, 4.69) is 10.4 Å². The molecule has 0 spiro atoms. The van der Waals surface area contributed by atoms with E-state index in [1.165, 1.54) is 12.1 Å². The molecule has 6 heteroatoms. The van der Waals surface area contributed by atoms with Gasteiger partial charge in [0.2, 0.25) is 0 Å². The summed E-state index contributed by atoms with van der Waals surface area (Å²) < 4.78 is 25.8. The monoisotopic (exact) mass is 355 g/mol. The predicted octanol–water partition coefficient (Wildman–Crippen LogP) is 3.46. The summed E-state index contributed by atoms with van der Waals surface area (Å²) in [4.78, 5) is 0. The quantitative estimate of drug-likeness (QED) is 0.705. The van der Waals surface area contributed by atoms with E-state index < -0.39 is 0 Å². The van der Waals surface area contributed by atoms with Crippen LogP contribution in [0, 0.1) is 5.82 Å². The minimum absolute atomic E-state index is 0.173. The molecular weight excluding hydrogens is 333 g/mol. The van der Waals surface area contributed by atoms with Crippen LogP contribution in [0.25, 0.3) is 0 Å². The number of methoxy groups -OCH3 is 2. The number of nitrogens with one attached hydrogen (secondary N) is 1. The number of nitrogens with zero attached hydrogens (tertiary/aromatic N) is 2. The van der Waals surface area contributed by atoms with Gasteiger partial charge in [0, 0.05) is 25.4 Å². The zero-order valence-electron chi connectivity index (χ0n) is 15.1. The van der Waals surface area contributed by atoms with Crippen molar-refractivity contribution >= 4 is 0 Å². The van der Waals surface area contributed by atoms with E-state index >= 15 is 0 Å². The second kappa shape index (κ2) is 8.01. The Morgan fingerprint density at radius 1 is 1.08 bits per heavy atom. The van der Waals surface area contributed by atoms with Crippen molar-refractivity contribution in [2.75, 3.05) is 14.2 Å². The molecule has 0 aliphatic heterocycles. The van der Waals surface area contributed by atoms with Crippen molar-refractivity contribution in [1.82, 2.24) is 15.1 Å². The van der Waals surface area contributed by atoms with Gasteiger partial charge in [-0.05, 0) is 42.0 Å². The number of aryl methyl sites for hydroxylation is 1. The third-order valence-electron chi connectivity index (χ3n) is 4.22. The fraction of sp³-hybridized carbons (Fsp3) is 0.250. The fourth-order valence-corrected chi connectivity index (χ4v) is 2.87. The molecular formula is C20H22FN3O2. The van der Waals surface area contributed by atoms with Crippen LogP contribution in [0.5, 0.6) is 11.5 Å². The molecule has 0 bridgehead atoms. The molecule has 3 rings (SSSR count). The second-order valence-electron chi connectivity index (χ2n) is 5.96. The zero-order valence-corrected chi connectivity index (χ0v) is 15.1. The molecule has 26 heavy (non-hydrogen) atoms. The molecule has 2 aromatic carbocycles. The van der Waals surface area contributed by atoms with Crippen molar-refractivity contribution in [2.45, 2.75) is 12.6 Å². The minimum atomic E-state index is -0.261. The van der Waals surface area contributed by atoms with Crippen molar-refractivity contribution in [1.29, 1.82) is 0 Å². The first-order valence-electron chi connectivity index (χ1n) is 8.30. The molecule has 1 unspecified atom stereocenters. The van der Waals surface area contributed by atoms with E-state index in [-0.39, 0.29) is 11.9 Å². The van der Waals surface area contributed by atoms with Crippen molar-refractivity contribution < 1.29 is 13.9 Å². The van der Waals surface area contributed by atoms with Crippen LogP contribution in [-0.2, 0) is 13.6 Å². The Morgan fingerprint density at radius 2 is 1.85 bits per heavy atom. The summed E-state index contributed by atoms with van der Waals surface area (Å²) in [5, 5.41) is 8.00. The molecule has 1 atom stereocenters. The number of benzene rings is 2. The molecule has 0 aliphatic rings. The molecule has 136 valence electrons. The number of halogens is 1. The van der Waals surface area contributed by atoms with Gasteiger partial charge in [-0.2, -0.15) is 5.10 Å². The lowest BCUT2D eigenvalue weighted by Gasteiger charge is -2.19. The Labute approximate surface area is 152 Å². The van der Waals surface area contributed by atoms with Crippen LogP contribution in [0.15, 0.2) is 54.7 Å². The number of hydrogen-bond acceptors (Lipinski definition) is 4. The van der Waals surface area contributed by atoms with Crippen molar-refractivity contribution in [3.05, 3.63) is 77.4 Å². The largest absolute Gasteiger partial charge is 0.497 e. The Kier molecular flexibility index (Phi) is 5.53. The van der Waals surface area contributed by atoms with E-state index in [1.54, 1.807) is 31.0 Å². The van der Waals surface area contributed by atoms with Crippen molar-refractivity contribution in [3.8, 4) is 11.5 Å². The van der Waals surface area contributed by atoms with E-state index in [0.717, 1.165) is 28.3 Å². The van der Waals surface area contributed by atoms with Crippen LogP contribution in [0.3, 0.4) is 0 Å². The highest BCUT2D eigenvalue weighted by atomic mass is 19.1. The van der Waals surface area contributed by atoms with Gasteiger partial charge in [0.05, 0.1) is 26.0 Å². The summed E-state index contributed by atoms with van der Waals surface area (Å²) >= 11 is 0. The summed E-state index contributed by atoms with van der Waals surface area (Å²) in [5.74, 6) is 1.28. The molecule has 0 aliphatic carbocycles. The maximum atomic E-state index is 13.3. The molecule has 0 radical (unpaired) electrons. The maximum Gasteiger partial charge on any atom is 0.123 e. The van der Waals surface area contributed by atoms with E-state index in [1.807, 2.05) is 37.5 Å². The Hall–Kier alpha value is -2.86. The summed E-state index contributed by atoms with van der Waals surface area (Å²) in [6, 6.07) is 13.9. The summed E-state index contributed by atoms with van der Waals surface area (Å²) in [6.45, 7) is 0.541. The van der Waals surface area contributed by atoms with Crippen LogP contribution in [-0.4, -0.2) is 24.0 Å². The maximum absolute atomic E-state index is 13.3. The van der Waals surface area contributed by atoms with Gasteiger partial charge in [0.25, 0.3) is 0 Å². The molecule has 1 aromatic heterocycles. The molecule has 1 N–H and O–H groups in total. The lowest BCUT2D eigenvalue weighted by atomic mass is 10.0. The molecule has 3 aromatic rings. The average Bonchev–Trinajstić information content (AvgIpc) is 3.09. The van der Waals surface area contributed by atoms with Gasteiger partial charge in [-0.3, -0.25) is 4.68 Å². The summed E-state index contributed by atoms with van der Waals surface area (Å²) in [5.41, 5.74) is 2.77. The SMILES string of the molecule is COc1ccc(OC)c(CNC(c2ccc(F)cc2)c2ccn(C)n2)c1. The van der Waals surface area contributed by atoms with Gasteiger partial charge < -0.3 is 14.8 Å². The number of hydrogen-bond donors (Lipinski definition) is 1. The van der Waals surface area contributed by atoms with E-state index in [9.17, 15) is 4.39 Å². The van der Waals surface area contributed by atoms with Gasteiger partial charge >= 0.3 is 0 Å². The lowest BCUT2D eigenvalue weighted by molar-refractivity contribution is 0.396. The van der Waals surface area contributed by atoms with Crippen molar-refractivity contribution in [2.24, 2.45) is 7.05 Å². The zero-order chi connectivity index (χ0) is 18.5. The normalized spacial score (nSPS) is 12.0. The van der Waals surface area contributed by atoms with E-state index in [4.69, 9.17) is 9.47 Å². The standard InChI is InChI=1S/C20H22FN3O2/c1-24-11-10-18(23-24)20(14-4-6-16(21)7-5-14)22-13-15-12-17(25-2)8-9-19(15)26-3/h4-12,20,22H,13H2,1-3H3. The Bertz CT molecular complexity index is 862. The smallest absolute Gasteiger partial charge is 0.123 e. The summed E-state index contributed by atoms with van der Waals surface area (Å²) in [6.07, 6.45) is 1.89. The molecule has 0 saturated heterocycles. The number of rotatable bonds is 7. The van der Waals surface area contributed by atoms with Crippen LogP contribution < -0.4 is 14.8 Å². The van der Waals surface area contributed by atoms with Crippen LogP contribution >= 0.6 is 0 Å². The summed E-state index contributed by atoms with van der Waals surface area (Å²) in [7, 11) is 5.14. The first-order chi connectivity index (χ1) is 12.6. The number of ether oxygens (including phenoxy) is 2. The third-order valence-corrected chi connectivity index (χ3v) is 4.22. The van der Waals surface area contributed by atoms with Gasteiger partial charge in [0.1, 0.15) is 17.3 Å². The first kappa shape index (κ1) is 17.9. The third kappa shape index (κ3) is 4.03. The Balaban J connectivity index is 1.88. The van der Waals surface area contributed by atoms with Gasteiger partial charge in [-0.15, -0.1) is 0 Å². The van der Waals surface area contributed by atoms with Crippen LogP contribution in [0.4, 0.5) is 4.39 Å². The molecule has 5 nitrogen and oxygen atoms in total. The molecule has 0 fully saturated rings. The van der Waals surface area contributed by atoms with Crippen molar-refractivity contribution in [3.63, 3.8) is 0 Å². The topological polar surface area (TPSA) is 48.3 Å². The average molecular weight is 355 g/mol.